The molecule has 1 unspecified atom stereocenters. The standard InChI is InChI=1S/C10H9.C3H6.Mg/c1-8-6-9-4-2-3-5-10(9)7-8;1-3-2;/h2-7H,1H3;1-3H2;. The van der Waals surface area contributed by atoms with Crippen LogP contribution in [0.5, 0.6) is 0 Å². The Morgan fingerprint density at radius 1 is 1.36 bits per heavy atom. The van der Waals surface area contributed by atoms with Crippen LogP contribution in [-0.2, 0) is 0 Å². The van der Waals surface area contributed by atoms with Crippen molar-refractivity contribution < 1.29 is 0 Å². The Bertz CT molecular complexity index is 352. The second kappa shape index (κ2) is 4.50. The SMILES string of the molecule is [CH2]C[CH2][Mg][CH]1C(C)=Cc2ccccc21. The van der Waals surface area contributed by atoms with Gasteiger partial charge in [0.15, 0.2) is 0 Å². The largest absolute Gasteiger partial charge is 0.382 e. The van der Waals surface area contributed by atoms with Crippen molar-refractivity contribution in [2.24, 2.45) is 0 Å². The van der Waals surface area contributed by atoms with Crippen LogP contribution in [-0.4, -0.2) is 20.4 Å². The Balaban J connectivity index is 2.23. The van der Waals surface area contributed by atoms with Gasteiger partial charge in [0, 0.05) is 0 Å². The summed E-state index contributed by atoms with van der Waals surface area (Å²) in [5, 5.41) is 0. The van der Waals surface area contributed by atoms with Crippen molar-refractivity contribution in [2.75, 3.05) is 0 Å². The van der Waals surface area contributed by atoms with Crippen molar-refractivity contribution in [1.82, 2.24) is 0 Å². The van der Waals surface area contributed by atoms with Gasteiger partial charge in [0.1, 0.15) is 0 Å². The molecule has 0 nitrogen and oxygen atoms in total. The fourth-order valence-electron chi connectivity index (χ4n) is 2.28. The molecule has 1 heteroatoms. The van der Waals surface area contributed by atoms with Crippen LogP contribution in [0, 0.1) is 6.92 Å². The van der Waals surface area contributed by atoms with Gasteiger partial charge in [0.2, 0.25) is 0 Å². The van der Waals surface area contributed by atoms with Crippen LogP contribution in [0.1, 0.15) is 28.5 Å². The first-order valence-corrected chi connectivity index (χ1v) is 7.21. The summed E-state index contributed by atoms with van der Waals surface area (Å²) in [6, 6.07) is 8.82. The van der Waals surface area contributed by atoms with Crippen molar-refractivity contribution in [3.05, 3.63) is 47.9 Å². The van der Waals surface area contributed by atoms with Gasteiger partial charge in [-0.15, -0.1) is 4.55 Å². The molecule has 14 heavy (non-hydrogen) atoms. The third-order valence-corrected chi connectivity index (χ3v) is 5.62. The van der Waals surface area contributed by atoms with E-state index >= 15 is 0 Å². The summed E-state index contributed by atoms with van der Waals surface area (Å²) in [6.07, 6.45) is 3.47. The zero-order valence-corrected chi connectivity index (χ0v) is 10.2. The van der Waals surface area contributed by atoms with Gasteiger partial charge in [-0.05, 0) is 12.5 Å². The van der Waals surface area contributed by atoms with Crippen molar-refractivity contribution in [1.29, 1.82) is 0 Å². The smallest absolute Gasteiger partial charge is 0.144 e. The molecule has 1 atom stereocenters. The first-order valence-electron chi connectivity index (χ1n) is 5.39. The van der Waals surface area contributed by atoms with E-state index in [-0.39, 0.29) is 20.4 Å². The first-order chi connectivity index (χ1) is 6.83. The van der Waals surface area contributed by atoms with E-state index in [0.29, 0.717) is 0 Å². The molecule has 0 amide bonds. The van der Waals surface area contributed by atoms with Gasteiger partial charge in [-0.3, -0.25) is 0 Å². The van der Waals surface area contributed by atoms with Gasteiger partial charge in [0.25, 0.3) is 0 Å². The molecular weight excluding hydrogens is 180 g/mol. The maximum Gasteiger partial charge on any atom is 0.382 e. The summed E-state index contributed by atoms with van der Waals surface area (Å²) in [5.74, 6) is 0. The number of hydrogen-bond acceptors (Lipinski definition) is 0. The van der Waals surface area contributed by atoms with Crippen molar-refractivity contribution in [3.8, 4) is 0 Å². The Labute approximate surface area is 96.1 Å². The minimum atomic E-state index is 0.000818. The maximum atomic E-state index is 3.94. The van der Waals surface area contributed by atoms with Gasteiger partial charge in [-0.2, -0.15) is 0 Å². The van der Waals surface area contributed by atoms with Gasteiger partial charge in [0.05, 0.1) is 0 Å². The highest BCUT2D eigenvalue weighted by Crippen LogP contribution is 2.35. The van der Waals surface area contributed by atoms with Crippen molar-refractivity contribution >= 4 is 26.4 Å². The molecule has 1 aromatic carbocycles. The minimum absolute atomic E-state index is 0.000818. The molecule has 1 aliphatic rings. The summed E-state index contributed by atoms with van der Waals surface area (Å²) in [7, 11) is 0. The van der Waals surface area contributed by atoms with E-state index in [4.69, 9.17) is 0 Å². The molecule has 1 aromatic rings. The fraction of sp³-hybridized carbons (Fsp3) is 0.308. The Kier molecular flexibility index (Phi) is 3.29. The lowest BCUT2D eigenvalue weighted by Gasteiger charge is -2.12. The summed E-state index contributed by atoms with van der Waals surface area (Å²) in [5.41, 5.74) is 4.60. The molecule has 1 aliphatic carbocycles. The highest BCUT2D eigenvalue weighted by Gasteiger charge is 2.22. The average molecular weight is 196 g/mol. The Hall–Kier alpha value is -0.274. The second-order valence-corrected chi connectivity index (χ2v) is 6.17. The minimum Gasteiger partial charge on any atom is -0.144 e. The lowest BCUT2D eigenvalue weighted by atomic mass is 10.1. The van der Waals surface area contributed by atoms with E-state index in [1.807, 2.05) is 0 Å². The zero-order valence-electron chi connectivity index (χ0n) is 8.79. The van der Waals surface area contributed by atoms with Gasteiger partial charge in [-0.25, -0.2) is 0 Å². The van der Waals surface area contributed by atoms with Crippen LogP contribution in [0.25, 0.3) is 6.08 Å². The molecular formula is C13H15Mg. The molecule has 2 rings (SSSR count). The molecule has 0 saturated carbocycles. The first kappa shape index (κ1) is 10.3. The van der Waals surface area contributed by atoms with Crippen LogP contribution in [0.3, 0.4) is 0 Å². The molecule has 1 radical (unpaired) electrons. The summed E-state index contributed by atoms with van der Waals surface area (Å²) in [6.45, 7) is 6.22. The predicted octanol–water partition coefficient (Wildman–Crippen LogP) is 3.49. The normalized spacial score (nSPS) is 18.7. The molecule has 0 spiro atoms. The third-order valence-electron chi connectivity index (χ3n) is 3.05. The quantitative estimate of drug-likeness (QED) is 0.648. The maximum absolute atomic E-state index is 3.94. The second-order valence-electron chi connectivity index (χ2n) is 4.07. The lowest BCUT2D eigenvalue weighted by molar-refractivity contribution is 1.08. The van der Waals surface area contributed by atoms with Crippen molar-refractivity contribution in [3.63, 3.8) is 0 Å². The van der Waals surface area contributed by atoms with Gasteiger partial charge >= 0.3 is 20.4 Å². The third kappa shape index (κ3) is 1.89. The molecule has 69 valence electrons. The average Bonchev–Trinajstić information content (AvgIpc) is 2.51. The highest BCUT2D eigenvalue weighted by molar-refractivity contribution is 6.39. The molecule has 0 heterocycles. The van der Waals surface area contributed by atoms with Crippen LogP contribution < -0.4 is 0 Å². The van der Waals surface area contributed by atoms with Gasteiger partial charge in [-0.1, -0.05) is 58.9 Å². The van der Waals surface area contributed by atoms with E-state index in [1.54, 1.807) is 11.1 Å². The summed E-state index contributed by atoms with van der Waals surface area (Å²) < 4.78 is 2.16. The fourth-order valence-corrected chi connectivity index (χ4v) is 4.24. The van der Waals surface area contributed by atoms with E-state index < -0.39 is 0 Å². The molecule has 0 aromatic heterocycles. The lowest BCUT2D eigenvalue weighted by Crippen LogP contribution is -2.06. The number of hydrogen-bond donors (Lipinski definition) is 0. The van der Waals surface area contributed by atoms with Crippen molar-refractivity contribution in [2.45, 2.75) is 21.9 Å². The van der Waals surface area contributed by atoms with Crippen LogP contribution in [0.2, 0.25) is 4.55 Å². The molecule has 0 N–H and O–H groups in total. The van der Waals surface area contributed by atoms with Crippen LogP contribution in [0.15, 0.2) is 29.8 Å². The summed E-state index contributed by atoms with van der Waals surface area (Å²) >= 11 is 0.000818. The molecule has 0 fully saturated rings. The van der Waals surface area contributed by atoms with Crippen LogP contribution >= 0.6 is 0 Å². The molecule has 0 bridgehead atoms. The highest BCUT2D eigenvalue weighted by atomic mass is 24.5. The molecule has 0 aliphatic heterocycles. The topological polar surface area (TPSA) is 0 Å². The van der Waals surface area contributed by atoms with E-state index in [0.717, 1.165) is 10.5 Å². The van der Waals surface area contributed by atoms with E-state index in [2.05, 4.69) is 44.2 Å². The van der Waals surface area contributed by atoms with Gasteiger partial charge < -0.3 is 0 Å². The number of fused-ring (bicyclic) bond motifs is 1. The van der Waals surface area contributed by atoms with E-state index in [1.165, 1.54) is 10.1 Å². The number of allylic oxidation sites excluding steroid dienone is 1. The number of benzene rings is 1. The van der Waals surface area contributed by atoms with Crippen LogP contribution in [0.4, 0.5) is 0 Å². The molecule has 0 saturated heterocycles. The summed E-state index contributed by atoms with van der Waals surface area (Å²) in [4.78, 5) is 0. The Morgan fingerprint density at radius 3 is 2.93 bits per heavy atom. The zero-order chi connectivity index (χ0) is 9.97. The number of rotatable bonds is 3. The monoisotopic (exact) mass is 195 g/mol. The van der Waals surface area contributed by atoms with E-state index in [9.17, 15) is 0 Å². The Morgan fingerprint density at radius 2 is 2.14 bits per heavy atom. The predicted molar refractivity (Wildman–Crippen MR) is 63.4 cm³/mol.